The summed E-state index contributed by atoms with van der Waals surface area (Å²) >= 11 is 0. The van der Waals surface area contributed by atoms with Crippen molar-refractivity contribution in [3.8, 4) is 11.3 Å². The van der Waals surface area contributed by atoms with Crippen molar-refractivity contribution >= 4 is 11.5 Å². The van der Waals surface area contributed by atoms with Gasteiger partial charge >= 0.3 is 0 Å². The normalized spacial score (nSPS) is 11.0. The first kappa shape index (κ1) is 10.6. The van der Waals surface area contributed by atoms with Crippen molar-refractivity contribution in [3.63, 3.8) is 0 Å². The van der Waals surface area contributed by atoms with Crippen LogP contribution in [0.15, 0.2) is 36.5 Å². The number of nitrogens with two attached hydrogens (primary N) is 1. The molecule has 3 rings (SSSR count). The topological polar surface area (TPSA) is 56.2 Å². The van der Waals surface area contributed by atoms with Crippen molar-refractivity contribution in [2.24, 2.45) is 0 Å². The average Bonchev–Trinajstić information content (AvgIpc) is 2.67. The molecule has 0 spiro atoms. The van der Waals surface area contributed by atoms with E-state index in [1.807, 2.05) is 0 Å². The van der Waals surface area contributed by atoms with Gasteiger partial charge in [0.2, 0.25) is 5.95 Å². The Morgan fingerprint density at radius 3 is 2.56 bits per heavy atom. The number of rotatable bonds is 1. The molecular weight excluding hydrogens is 238 g/mol. The Kier molecular flexibility index (Phi) is 2.22. The van der Waals surface area contributed by atoms with E-state index in [0.717, 1.165) is 0 Å². The first-order valence-electron chi connectivity index (χ1n) is 5.21. The number of nitrogen functional groups attached to an aromatic ring is 1. The van der Waals surface area contributed by atoms with E-state index in [1.165, 1.54) is 28.9 Å². The molecule has 0 amide bonds. The number of anilines is 1. The SMILES string of the molecule is Nc1ncc2c(F)cc(-c3ccc(F)cc3)n2n1. The molecule has 0 fully saturated rings. The summed E-state index contributed by atoms with van der Waals surface area (Å²) in [5.74, 6) is -0.759. The van der Waals surface area contributed by atoms with E-state index in [4.69, 9.17) is 5.73 Å². The van der Waals surface area contributed by atoms with Gasteiger partial charge in [0.25, 0.3) is 0 Å². The molecule has 90 valence electrons. The van der Waals surface area contributed by atoms with Crippen LogP contribution in [-0.4, -0.2) is 14.6 Å². The molecule has 0 unspecified atom stereocenters. The smallest absolute Gasteiger partial charge is 0.238 e. The lowest BCUT2D eigenvalue weighted by molar-refractivity contribution is 0.628. The Labute approximate surface area is 101 Å². The third-order valence-corrected chi connectivity index (χ3v) is 2.63. The summed E-state index contributed by atoms with van der Waals surface area (Å²) in [7, 11) is 0. The van der Waals surface area contributed by atoms with Gasteiger partial charge in [-0.25, -0.2) is 18.3 Å². The molecule has 0 aliphatic heterocycles. The quantitative estimate of drug-likeness (QED) is 0.716. The zero-order valence-electron chi connectivity index (χ0n) is 9.14. The molecular formula is C12H8F2N4. The Morgan fingerprint density at radius 2 is 1.83 bits per heavy atom. The second kappa shape index (κ2) is 3.76. The molecule has 4 nitrogen and oxygen atoms in total. The van der Waals surface area contributed by atoms with E-state index in [-0.39, 0.29) is 17.3 Å². The van der Waals surface area contributed by atoms with Crippen LogP contribution >= 0.6 is 0 Å². The highest BCUT2D eigenvalue weighted by Gasteiger charge is 2.12. The minimum Gasteiger partial charge on any atom is -0.367 e. The molecule has 2 aromatic heterocycles. The fourth-order valence-electron chi connectivity index (χ4n) is 1.79. The van der Waals surface area contributed by atoms with Crippen LogP contribution in [0.1, 0.15) is 0 Å². The van der Waals surface area contributed by atoms with Crippen LogP contribution in [0.4, 0.5) is 14.7 Å². The molecule has 0 atom stereocenters. The number of benzene rings is 1. The van der Waals surface area contributed by atoms with E-state index < -0.39 is 5.82 Å². The van der Waals surface area contributed by atoms with Crippen molar-refractivity contribution < 1.29 is 8.78 Å². The zero-order valence-corrected chi connectivity index (χ0v) is 9.14. The molecule has 0 saturated carbocycles. The summed E-state index contributed by atoms with van der Waals surface area (Å²) in [5.41, 5.74) is 6.85. The molecule has 0 aliphatic carbocycles. The number of hydrogen-bond acceptors (Lipinski definition) is 3. The van der Waals surface area contributed by atoms with Crippen molar-refractivity contribution in [2.45, 2.75) is 0 Å². The first-order valence-corrected chi connectivity index (χ1v) is 5.21. The van der Waals surface area contributed by atoms with Crippen molar-refractivity contribution in [3.05, 3.63) is 48.2 Å². The maximum absolute atomic E-state index is 13.7. The standard InChI is InChI=1S/C12H8F2N4/c13-8-3-1-7(2-4-8)10-5-9(14)11-6-16-12(15)17-18(10)11/h1-6H,(H2,15,17). The third kappa shape index (κ3) is 1.58. The maximum atomic E-state index is 13.7. The van der Waals surface area contributed by atoms with Crippen LogP contribution in [0.2, 0.25) is 0 Å². The van der Waals surface area contributed by atoms with Gasteiger partial charge in [-0.05, 0) is 24.3 Å². The fourth-order valence-corrected chi connectivity index (χ4v) is 1.79. The molecule has 2 heterocycles. The first-order chi connectivity index (χ1) is 8.65. The van der Waals surface area contributed by atoms with Crippen LogP contribution in [0.5, 0.6) is 0 Å². The average molecular weight is 246 g/mol. The Balaban J connectivity index is 2.28. The number of hydrogen-bond donors (Lipinski definition) is 1. The summed E-state index contributed by atoms with van der Waals surface area (Å²) < 4.78 is 27.9. The summed E-state index contributed by atoms with van der Waals surface area (Å²) in [4.78, 5) is 3.74. The number of fused-ring (bicyclic) bond motifs is 1. The molecule has 18 heavy (non-hydrogen) atoms. The van der Waals surface area contributed by atoms with Gasteiger partial charge in [-0.1, -0.05) is 0 Å². The maximum Gasteiger partial charge on any atom is 0.238 e. The van der Waals surface area contributed by atoms with Crippen molar-refractivity contribution in [2.75, 3.05) is 5.73 Å². The molecule has 1 aromatic carbocycles. The number of aromatic nitrogens is 3. The Bertz CT molecular complexity index is 719. The predicted molar refractivity (Wildman–Crippen MR) is 62.8 cm³/mol. The largest absolute Gasteiger partial charge is 0.367 e. The van der Waals surface area contributed by atoms with E-state index >= 15 is 0 Å². The minimum absolute atomic E-state index is 0.0430. The van der Waals surface area contributed by atoms with Crippen LogP contribution < -0.4 is 5.73 Å². The van der Waals surface area contributed by atoms with Crippen LogP contribution in [0.3, 0.4) is 0 Å². The highest BCUT2D eigenvalue weighted by atomic mass is 19.1. The van der Waals surface area contributed by atoms with E-state index in [1.54, 1.807) is 12.1 Å². The summed E-state index contributed by atoms with van der Waals surface area (Å²) in [6.45, 7) is 0. The summed E-state index contributed by atoms with van der Waals surface area (Å²) in [6, 6.07) is 7.02. The molecule has 6 heteroatoms. The lowest BCUT2D eigenvalue weighted by atomic mass is 10.1. The van der Waals surface area contributed by atoms with E-state index in [2.05, 4.69) is 10.1 Å². The van der Waals surface area contributed by atoms with Gasteiger partial charge in [0.05, 0.1) is 11.9 Å². The Morgan fingerprint density at radius 1 is 1.11 bits per heavy atom. The second-order valence-electron chi connectivity index (χ2n) is 3.80. The van der Waals surface area contributed by atoms with Gasteiger partial charge in [-0.15, -0.1) is 5.10 Å². The van der Waals surface area contributed by atoms with Gasteiger partial charge in [-0.2, -0.15) is 0 Å². The van der Waals surface area contributed by atoms with E-state index in [9.17, 15) is 8.78 Å². The summed E-state index contributed by atoms with van der Waals surface area (Å²) in [6.07, 6.45) is 1.31. The van der Waals surface area contributed by atoms with Gasteiger partial charge < -0.3 is 5.73 Å². The second-order valence-corrected chi connectivity index (χ2v) is 3.80. The van der Waals surface area contributed by atoms with Crippen molar-refractivity contribution in [1.82, 2.24) is 14.6 Å². The lowest BCUT2D eigenvalue weighted by Crippen LogP contribution is -2.01. The molecule has 0 saturated heterocycles. The Hall–Kier alpha value is -2.50. The van der Waals surface area contributed by atoms with Crippen LogP contribution in [-0.2, 0) is 0 Å². The number of nitrogens with zero attached hydrogens (tertiary/aromatic N) is 3. The highest BCUT2D eigenvalue weighted by molar-refractivity contribution is 5.67. The monoisotopic (exact) mass is 246 g/mol. The van der Waals surface area contributed by atoms with Gasteiger partial charge in [0.15, 0.2) is 5.82 Å². The number of halogens is 2. The van der Waals surface area contributed by atoms with Gasteiger partial charge in [-0.3, -0.25) is 0 Å². The van der Waals surface area contributed by atoms with Gasteiger partial charge in [0.1, 0.15) is 11.3 Å². The molecule has 0 bridgehead atoms. The predicted octanol–water partition coefficient (Wildman–Crippen LogP) is 2.26. The van der Waals surface area contributed by atoms with Crippen molar-refractivity contribution in [1.29, 1.82) is 0 Å². The van der Waals surface area contributed by atoms with Crippen LogP contribution in [0, 0.1) is 11.6 Å². The fraction of sp³-hybridized carbons (Fsp3) is 0. The molecule has 3 aromatic rings. The molecule has 0 radical (unpaired) electrons. The summed E-state index contributed by atoms with van der Waals surface area (Å²) in [5, 5.41) is 3.94. The molecule has 0 aliphatic rings. The molecule has 2 N–H and O–H groups in total. The third-order valence-electron chi connectivity index (χ3n) is 2.63. The zero-order chi connectivity index (χ0) is 12.7. The lowest BCUT2D eigenvalue weighted by Gasteiger charge is -2.02. The highest BCUT2D eigenvalue weighted by Crippen LogP contribution is 2.24. The van der Waals surface area contributed by atoms with Crippen LogP contribution in [0.25, 0.3) is 16.8 Å². The minimum atomic E-state index is -0.450. The van der Waals surface area contributed by atoms with Gasteiger partial charge in [0, 0.05) is 11.6 Å². The van der Waals surface area contributed by atoms with E-state index in [0.29, 0.717) is 11.3 Å².